The number of carboxylic acid groups (broad SMARTS) is 1. The maximum atomic E-state index is 12.7. The predicted molar refractivity (Wildman–Crippen MR) is 110 cm³/mol. The Hall–Kier alpha value is -2.32. The smallest absolute Gasteiger partial charge is 0.416 e. The third kappa shape index (κ3) is 8.38. The van der Waals surface area contributed by atoms with Crippen LogP contribution < -0.4 is 4.74 Å². The molecule has 3 N–H and O–H groups in total. The summed E-state index contributed by atoms with van der Waals surface area (Å²) in [7, 11) is 0. The predicted octanol–water partition coefficient (Wildman–Crippen LogP) is 4.59. The average molecular weight is 442 g/mol. The molecule has 1 saturated carbocycles. The highest BCUT2D eigenvalue weighted by molar-refractivity contribution is 5.66. The topological polar surface area (TPSA) is 87.0 Å². The van der Waals surface area contributed by atoms with Crippen LogP contribution in [0.4, 0.5) is 13.2 Å². The summed E-state index contributed by atoms with van der Waals surface area (Å²) in [6.45, 7) is 0.192. The van der Waals surface area contributed by atoms with Crippen molar-refractivity contribution in [3.8, 4) is 5.75 Å². The van der Waals surface area contributed by atoms with Crippen LogP contribution in [0.15, 0.2) is 48.6 Å². The van der Waals surface area contributed by atoms with Gasteiger partial charge < -0.3 is 20.1 Å². The van der Waals surface area contributed by atoms with Crippen molar-refractivity contribution >= 4 is 5.97 Å². The van der Waals surface area contributed by atoms with E-state index in [-0.39, 0.29) is 37.0 Å². The van der Waals surface area contributed by atoms with Crippen LogP contribution in [0.25, 0.3) is 0 Å². The van der Waals surface area contributed by atoms with Gasteiger partial charge in [-0.25, -0.2) is 0 Å². The number of benzene rings is 1. The second-order valence-corrected chi connectivity index (χ2v) is 7.70. The zero-order valence-electron chi connectivity index (χ0n) is 17.2. The molecule has 0 aliphatic heterocycles. The van der Waals surface area contributed by atoms with Crippen LogP contribution in [0.2, 0.25) is 0 Å². The lowest BCUT2D eigenvalue weighted by Crippen LogP contribution is -2.19. The van der Waals surface area contributed by atoms with E-state index in [1.165, 1.54) is 12.1 Å². The van der Waals surface area contributed by atoms with Crippen molar-refractivity contribution in [1.29, 1.82) is 0 Å². The van der Waals surface area contributed by atoms with Gasteiger partial charge in [0.15, 0.2) is 0 Å². The lowest BCUT2D eigenvalue weighted by atomic mass is 9.90. The van der Waals surface area contributed by atoms with E-state index in [9.17, 15) is 28.2 Å². The van der Waals surface area contributed by atoms with Crippen LogP contribution in [-0.2, 0) is 11.0 Å². The van der Waals surface area contributed by atoms with E-state index >= 15 is 0 Å². The number of rotatable bonds is 11. The molecule has 172 valence electrons. The molecular formula is C23H29F3O5. The van der Waals surface area contributed by atoms with Crippen LogP contribution in [0, 0.1) is 11.8 Å². The minimum absolute atomic E-state index is 0.114. The van der Waals surface area contributed by atoms with E-state index < -0.39 is 29.9 Å². The quantitative estimate of drug-likeness (QED) is 0.345. The molecule has 4 atom stereocenters. The van der Waals surface area contributed by atoms with E-state index in [1.54, 1.807) is 0 Å². The number of allylic oxidation sites excluding steroid dienone is 2. The third-order valence-corrected chi connectivity index (χ3v) is 5.33. The van der Waals surface area contributed by atoms with Crippen LogP contribution in [0.5, 0.6) is 5.75 Å². The largest absolute Gasteiger partial charge is 0.493 e. The molecule has 0 radical (unpaired) electrons. The van der Waals surface area contributed by atoms with Gasteiger partial charge in [-0.3, -0.25) is 4.79 Å². The zero-order valence-corrected chi connectivity index (χ0v) is 17.2. The number of carbonyl (C=O) groups is 1. The third-order valence-electron chi connectivity index (χ3n) is 5.33. The lowest BCUT2D eigenvalue weighted by molar-refractivity contribution is -0.138. The molecule has 1 aromatic rings. The van der Waals surface area contributed by atoms with Gasteiger partial charge in [-0.2, -0.15) is 13.2 Å². The fourth-order valence-corrected chi connectivity index (χ4v) is 3.71. The number of carboxylic acids is 1. The summed E-state index contributed by atoms with van der Waals surface area (Å²) >= 11 is 0. The summed E-state index contributed by atoms with van der Waals surface area (Å²) in [5, 5.41) is 29.1. The van der Waals surface area contributed by atoms with Crippen molar-refractivity contribution in [2.45, 2.75) is 56.9 Å². The van der Waals surface area contributed by atoms with Gasteiger partial charge >= 0.3 is 12.1 Å². The number of hydrogen-bond acceptors (Lipinski definition) is 4. The van der Waals surface area contributed by atoms with Gasteiger partial charge in [-0.15, -0.1) is 0 Å². The first-order valence-corrected chi connectivity index (χ1v) is 10.4. The number of halogens is 3. The lowest BCUT2D eigenvalue weighted by Gasteiger charge is -2.19. The van der Waals surface area contributed by atoms with Crippen molar-refractivity contribution in [3.63, 3.8) is 0 Å². The fraction of sp³-hybridized carbons (Fsp3) is 0.522. The minimum atomic E-state index is -4.42. The van der Waals surface area contributed by atoms with Gasteiger partial charge in [0.1, 0.15) is 5.75 Å². The van der Waals surface area contributed by atoms with Crippen LogP contribution in [0.1, 0.15) is 44.1 Å². The summed E-state index contributed by atoms with van der Waals surface area (Å²) in [5.41, 5.74) is -0.762. The molecule has 1 fully saturated rings. The first-order chi connectivity index (χ1) is 14.7. The Labute approximate surface area is 179 Å². The van der Waals surface area contributed by atoms with Crippen LogP contribution >= 0.6 is 0 Å². The minimum Gasteiger partial charge on any atom is -0.493 e. The normalized spacial score (nSPS) is 24.3. The highest BCUT2D eigenvalue weighted by Crippen LogP contribution is 2.36. The molecule has 0 bridgehead atoms. The molecule has 2 rings (SSSR count). The number of aliphatic hydroxyl groups is 2. The average Bonchev–Trinajstić information content (AvgIpc) is 2.96. The first-order valence-electron chi connectivity index (χ1n) is 10.4. The number of alkyl halides is 3. The first kappa shape index (κ1) is 24.9. The van der Waals surface area contributed by atoms with E-state index in [2.05, 4.69) is 0 Å². The van der Waals surface area contributed by atoms with Gasteiger partial charge in [-0.05, 0) is 49.8 Å². The fourth-order valence-electron chi connectivity index (χ4n) is 3.71. The SMILES string of the molecule is O=C(O)CCC/C=C\CC1[C@@H](/C=C/CCOc2cccc(C(F)(F)F)c2)[C@H](O)C[C@@H]1O. The van der Waals surface area contributed by atoms with Crippen molar-refractivity contribution in [1.82, 2.24) is 0 Å². The van der Waals surface area contributed by atoms with E-state index in [1.807, 2.05) is 24.3 Å². The highest BCUT2D eigenvalue weighted by Gasteiger charge is 2.39. The summed E-state index contributed by atoms with van der Waals surface area (Å²) in [6, 6.07) is 4.71. The maximum Gasteiger partial charge on any atom is 0.416 e. The Morgan fingerprint density at radius 2 is 1.90 bits per heavy atom. The number of unbranched alkanes of at least 4 members (excludes halogenated alkanes) is 1. The number of ether oxygens (including phenoxy) is 1. The van der Waals surface area contributed by atoms with E-state index in [4.69, 9.17) is 9.84 Å². The molecule has 5 nitrogen and oxygen atoms in total. The van der Waals surface area contributed by atoms with Crippen LogP contribution in [-0.4, -0.2) is 40.1 Å². The van der Waals surface area contributed by atoms with Crippen molar-refractivity contribution < 1.29 is 38.0 Å². The van der Waals surface area contributed by atoms with Gasteiger partial charge in [0, 0.05) is 18.8 Å². The second-order valence-electron chi connectivity index (χ2n) is 7.70. The molecule has 8 heteroatoms. The van der Waals surface area contributed by atoms with Crippen molar-refractivity contribution in [2.75, 3.05) is 6.61 Å². The molecule has 1 unspecified atom stereocenters. The molecule has 0 heterocycles. The summed E-state index contributed by atoms with van der Waals surface area (Å²) in [6.07, 6.45) is 4.35. The number of aliphatic hydroxyl groups excluding tert-OH is 2. The second kappa shape index (κ2) is 11.9. The standard InChI is InChI=1S/C23H29F3O5/c24-23(25,26)16-8-7-9-17(14-16)31-13-6-5-11-19-18(20(27)15-21(19)28)10-3-1-2-4-12-22(29)30/h1,3,5,7-9,11,14,18-21,27-28H,2,4,6,10,12-13,15H2,(H,29,30)/b3-1-,11-5+/t18?,19-,20+,21-/m1/s1. The van der Waals surface area contributed by atoms with Crippen molar-refractivity contribution in [3.05, 3.63) is 54.1 Å². The van der Waals surface area contributed by atoms with Gasteiger partial charge in [0.05, 0.1) is 24.4 Å². The van der Waals surface area contributed by atoms with Gasteiger partial charge in [0.25, 0.3) is 0 Å². The Kier molecular flexibility index (Phi) is 9.58. The van der Waals surface area contributed by atoms with E-state index in [0.29, 0.717) is 25.7 Å². The zero-order chi connectivity index (χ0) is 22.9. The number of aliphatic carboxylic acids is 1. The summed E-state index contributed by atoms with van der Waals surface area (Å²) < 4.78 is 43.6. The molecule has 0 amide bonds. The Morgan fingerprint density at radius 1 is 1.13 bits per heavy atom. The molecule has 1 aromatic carbocycles. The monoisotopic (exact) mass is 442 g/mol. The maximum absolute atomic E-state index is 12.7. The Bertz CT molecular complexity index is 760. The van der Waals surface area contributed by atoms with Gasteiger partial charge in [-0.1, -0.05) is 30.4 Å². The van der Waals surface area contributed by atoms with Gasteiger partial charge in [0.2, 0.25) is 0 Å². The molecule has 0 spiro atoms. The molecule has 1 aliphatic carbocycles. The van der Waals surface area contributed by atoms with Crippen LogP contribution in [0.3, 0.4) is 0 Å². The highest BCUT2D eigenvalue weighted by atomic mass is 19.4. The molecule has 31 heavy (non-hydrogen) atoms. The van der Waals surface area contributed by atoms with Crippen molar-refractivity contribution in [2.24, 2.45) is 11.8 Å². The van der Waals surface area contributed by atoms with E-state index in [0.717, 1.165) is 12.1 Å². The molecule has 0 saturated heterocycles. The summed E-state index contributed by atoms with van der Waals surface area (Å²) in [5.74, 6) is -1.06. The molecule has 0 aromatic heterocycles. The summed E-state index contributed by atoms with van der Waals surface area (Å²) in [4.78, 5) is 10.5. The molecular weight excluding hydrogens is 413 g/mol. The molecule has 1 aliphatic rings. The number of hydrogen-bond donors (Lipinski definition) is 3. The Balaban J connectivity index is 1.80. The Morgan fingerprint density at radius 3 is 2.61 bits per heavy atom.